The van der Waals surface area contributed by atoms with Crippen LogP contribution in [0.5, 0.6) is 0 Å². The first-order chi connectivity index (χ1) is 9.63. The highest BCUT2D eigenvalue weighted by atomic mass is 19.1. The Morgan fingerprint density at radius 3 is 2.85 bits per heavy atom. The zero-order valence-electron chi connectivity index (χ0n) is 12.8. The summed E-state index contributed by atoms with van der Waals surface area (Å²) in [5.41, 5.74) is 1.86. The van der Waals surface area contributed by atoms with E-state index in [1.54, 1.807) is 12.1 Å². The lowest BCUT2D eigenvalue weighted by atomic mass is 10.1. The molecule has 1 atom stereocenters. The number of para-hydroxylation sites is 1. The molecule has 0 aliphatic carbocycles. The SMILES string of the molecule is CCCNCc1cccc(F)c1N1CCC(N(C)C)C1. The van der Waals surface area contributed by atoms with Gasteiger partial charge >= 0.3 is 0 Å². The summed E-state index contributed by atoms with van der Waals surface area (Å²) in [5, 5.41) is 3.37. The van der Waals surface area contributed by atoms with Gasteiger partial charge in [-0.25, -0.2) is 4.39 Å². The predicted molar refractivity (Wildman–Crippen MR) is 82.7 cm³/mol. The minimum atomic E-state index is -0.0970. The van der Waals surface area contributed by atoms with Crippen molar-refractivity contribution in [3.05, 3.63) is 29.6 Å². The van der Waals surface area contributed by atoms with E-state index in [-0.39, 0.29) is 5.82 Å². The van der Waals surface area contributed by atoms with Gasteiger partial charge in [0.1, 0.15) is 5.82 Å². The van der Waals surface area contributed by atoms with Crippen molar-refractivity contribution < 1.29 is 4.39 Å². The monoisotopic (exact) mass is 279 g/mol. The van der Waals surface area contributed by atoms with Crippen molar-refractivity contribution >= 4 is 5.69 Å². The van der Waals surface area contributed by atoms with Gasteiger partial charge in [-0.05, 0) is 45.1 Å². The van der Waals surface area contributed by atoms with E-state index in [1.807, 2.05) is 6.07 Å². The molecule has 0 aromatic heterocycles. The summed E-state index contributed by atoms with van der Waals surface area (Å²) >= 11 is 0. The quantitative estimate of drug-likeness (QED) is 0.807. The van der Waals surface area contributed by atoms with Gasteiger partial charge in [0, 0.05) is 25.7 Å². The number of halogens is 1. The van der Waals surface area contributed by atoms with Gasteiger partial charge in [0.15, 0.2) is 0 Å². The van der Waals surface area contributed by atoms with Crippen LogP contribution < -0.4 is 10.2 Å². The fraction of sp³-hybridized carbons (Fsp3) is 0.625. The second kappa shape index (κ2) is 7.04. The zero-order chi connectivity index (χ0) is 14.5. The Morgan fingerprint density at radius 1 is 1.40 bits per heavy atom. The number of hydrogen-bond acceptors (Lipinski definition) is 3. The van der Waals surface area contributed by atoms with Gasteiger partial charge in [-0.1, -0.05) is 19.1 Å². The summed E-state index contributed by atoms with van der Waals surface area (Å²) < 4.78 is 14.3. The maximum absolute atomic E-state index is 14.3. The lowest BCUT2D eigenvalue weighted by molar-refractivity contribution is 0.315. The van der Waals surface area contributed by atoms with Gasteiger partial charge in [0.05, 0.1) is 5.69 Å². The molecule has 0 saturated carbocycles. The van der Waals surface area contributed by atoms with E-state index in [0.717, 1.165) is 50.3 Å². The van der Waals surface area contributed by atoms with Crippen molar-refractivity contribution in [2.24, 2.45) is 0 Å². The maximum Gasteiger partial charge on any atom is 0.146 e. The van der Waals surface area contributed by atoms with Crippen molar-refractivity contribution in [2.45, 2.75) is 32.4 Å². The maximum atomic E-state index is 14.3. The van der Waals surface area contributed by atoms with E-state index in [0.29, 0.717) is 6.04 Å². The first kappa shape index (κ1) is 15.3. The summed E-state index contributed by atoms with van der Waals surface area (Å²) in [6.45, 7) is 5.70. The molecule has 0 bridgehead atoms. The van der Waals surface area contributed by atoms with Gasteiger partial charge in [-0.2, -0.15) is 0 Å². The van der Waals surface area contributed by atoms with Crippen LogP contribution in [0.15, 0.2) is 18.2 Å². The fourth-order valence-electron chi connectivity index (χ4n) is 2.82. The van der Waals surface area contributed by atoms with Crippen LogP contribution in [-0.4, -0.2) is 44.7 Å². The highest BCUT2D eigenvalue weighted by Crippen LogP contribution is 2.28. The topological polar surface area (TPSA) is 18.5 Å². The standard InChI is InChI=1S/C16H26FN3/c1-4-9-18-11-13-6-5-7-15(17)16(13)20-10-8-14(12-20)19(2)3/h5-7,14,18H,4,8-12H2,1-3H3. The fourth-order valence-corrected chi connectivity index (χ4v) is 2.82. The van der Waals surface area contributed by atoms with E-state index < -0.39 is 0 Å². The first-order valence-corrected chi connectivity index (χ1v) is 7.53. The third-order valence-corrected chi connectivity index (χ3v) is 4.02. The van der Waals surface area contributed by atoms with Crippen LogP contribution in [0.2, 0.25) is 0 Å². The molecule has 2 rings (SSSR count). The molecule has 1 aliphatic rings. The largest absolute Gasteiger partial charge is 0.367 e. The molecule has 1 fully saturated rings. The van der Waals surface area contributed by atoms with Gasteiger partial charge in [-0.15, -0.1) is 0 Å². The van der Waals surface area contributed by atoms with Crippen LogP contribution in [0.25, 0.3) is 0 Å². The second-order valence-corrected chi connectivity index (χ2v) is 5.78. The van der Waals surface area contributed by atoms with E-state index in [2.05, 4.69) is 36.1 Å². The van der Waals surface area contributed by atoms with Gasteiger partial charge in [0.25, 0.3) is 0 Å². The Bertz CT molecular complexity index is 434. The lowest BCUT2D eigenvalue weighted by Crippen LogP contribution is -2.32. The van der Waals surface area contributed by atoms with Crippen LogP contribution in [0.3, 0.4) is 0 Å². The Kier molecular flexibility index (Phi) is 5.38. The Hall–Kier alpha value is -1.13. The van der Waals surface area contributed by atoms with Crippen molar-refractivity contribution in [1.82, 2.24) is 10.2 Å². The Balaban J connectivity index is 2.13. The number of likely N-dealkylation sites (N-methyl/N-ethyl adjacent to an activating group) is 1. The van der Waals surface area contributed by atoms with Gasteiger partial charge in [0.2, 0.25) is 0 Å². The Labute approximate surface area is 121 Å². The first-order valence-electron chi connectivity index (χ1n) is 7.53. The van der Waals surface area contributed by atoms with E-state index in [1.165, 1.54) is 0 Å². The zero-order valence-corrected chi connectivity index (χ0v) is 12.8. The summed E-state index contributed by atoms with van der Waals surface area (Å²) in [5.74, 6) is -0.0970. The molecule has 0 spiro atoms. The molecular weight excluding hydrogens is 253 g/mol. The summed E-state index contributed by atoms with van der Waals surface area (Å²) in [7, 11) is 4.19. The molecule has 112 valence electrons. The molecule has 4 heteroatoms. The molecule has 1 aromatic carbocycles. The number of nitrogens with zero attached hydrogens (tertiary/aromatic N) is 2. The average Bonchev–Trinajstić information content (AvgIpc) is 2.88. The van der Waals surface area contributed by atoms with E-state index in [9.17, 15) is 4.39 Å². The van der Waals surface area contributed by atoms with E-state index >= 15 is 0 Å². The van der Waals surface area contributed by atoms with Crippen LogP contribution in [-0.2, 0) is 6.54 Å². The van der Waals surface area contributed by atoms with E-state index in [4.69, 9.17) is 0 Å². The van der Waals surface area contributed by atoms with Crippen molar-refractivity contribution in [1.29, 1.82) is 0 Å². The molecule has 0 radical (unpaired) electrons. The molecule has 1 unspecified atom stereocenters. The molecule has 1 aliphatic heterocycles. The number of nitrogens with one attached hydrogen (secondary N) is 1. The Morgan fingerprint density at radius 2 is 2.20 bits per heavy atom. The van der Waals surface area contributed by atoms with Crippen molar-refractivity contribution in [2.75, 3.05) is 38.6 Å². The highest BCUT2D eigenvalue weighted by Gasteiger charge is 2.27. The van der Waals surface area contributed by atoms with Crippen LogP contribution in [0.4, 0.5) is 10.1 Å². The molecule has 1 N–H and O–H groups in total. The van der Waals surface area contributed by atoms with Gasteiger partial charge in [-0.3, -0.25) is 0 Å². The molecular formula is C16H26FN3. The van der Waals surface area contributed by atoms with Crippen molar-refractivity contribution in [3.63, 3.8) is 0 Å². The van der Waals surface area contributed by atoms with Crippen LogP contribution in [0.1, 0.15) is 25.3 Å². The summed E-state index contributed by atoms with van der Waals surface area (Å²) in [6.07, 6.45) is 2.19. The van der Waals surface area contributed by atoms with Crippen LogP contribution >= 0.6 is 0 Å². The lowest BCUT2D eigenvalue weighted by Gasteiger charge is -2.24. The summed E-state index contributed by atoms with van der Waals surface area (Å²) in [4.78, 5) is 4.43. The summed E-state index contributed by atoms with van der Waals surface area (Å²) in [6, 6.07) is 5.93. The normalized spacial score (nSPS) is 19.1. The van der Waals surface area contributed by atoms with Gasteiger partial charge < -0.3 is 15.1 Å². The third kappa shape index (κ3) is 3.49. The predicted octanol–water partition coefficient (Wildman–Crippen LogP) is 2.47. The number of benzene rings is 1. The average molecular weight is 279 g/mol. The van der Waals surface area contributed by atoms with Crippen LogP contribution in [0, 0.1) is 5.82 Å². The molecule has 0 amide bonds. The second-order valence-electron chi connectivity index (χ2n) is 5.78. The molecule has 3 nitrogen and oxygen atoms in total. The molecule has 1 heterocycles. The third-order valence-electron chi connectivity index (χ3n) is 4.02. The number of anilines is 1. The minimum absolute atomic E-state index is 0.0970. The molecule has 20 heavy (non-hydrogen) atoms. The molecule has 1 aromatic rings. The smallest absolute Gasteiger partial charge is 0.146 e. The molecule has 1 saturated heterocycles. The number of rotatable bonds is 6. The van der Waals surface area contributed by atoms with Crippen molar-refractivity contribution in [3.8, 4) is 0 Å². The minimum Gasteiger partial charge on any atom is -0.367 e. The number of hydrogen-bond donors (Lipinski definition) is 1. The highest BCUT2D eigenvalue weighted by molar-refractivity contribution is 5.56.